The molecule has 0 N–H and O–H groups in total. The average Bonchev–Trinajstić information content (AvgIpc) is 2.18. The van der Waals surface area contributed by atoms with Crippen LogP contribution >= 0.6 is 11.6 Å². The van der Waals surface area contributed by atoms with E-state index >= 15 is 0 Å². The Morgan fingerprint density at radius 3 is 2.79 bits per heavy atom. The molecule has 0 aliphatic heterocycles. The molecule has 0 bridgehead atoms. The highest BCUT2D eigenvalue weighted by molar-refractivity contribution is 6.32. The van der Waals surface area contributed by atoms with Crippen LogP contribution < -0.4 is 4.74 Å². The number of benzene rings is 1. The van der Waals surface area contributed by atoms with Crippen molar-refractivity contribution in [2.45, 2.75) is 0 Å². The van der Waals surface area contributed by atoms with Gasteiger partial charge in [0.15, 0.2) is 11.6 Å². The maximum Gasteiger partial charge on any atom is 0.173 e. The number of hydrogen-bond acceptors (Lipinski definition) is 2. The average molecular weight is 215 g/mol. The minimum Gasteiger partial charge on any atom is -0.492 e. The highest BCUT2D eigenvalue weighted by Crippen LogP contribution is 2.29. The SMILES string of the molecule is COc1c(Cl)ccc(/C=C/C=O)c1F. The Morgan fingerprint density at radius 1 is 1.50 bits per heavy atom. The molecule has 0 radical (unpaired) electrons. The highest BCUT2D eigenvalue weighted by atomic mass is 35.5. The zero-order valence-electron chi connectivity index (χ0n) is 7.46. The van der Waals surface area contributed by atoms with E-state index in [-0.39, 0.29) is 16.3 Å². The molecule has 1 aromatic carbocycles. The van der Waals surface area contributed by atoms with Gasteiger partial charge in [0.25, 0.3) is 0 Å². The zero-order valence-corrected chi connectivity index (χ0v) is 8.22. The fourth-order valence-electron chi connectivity index (χ4n) is 1.01. The van der Waals surface area contributed by atoms with Crippen LogP contribution in [0.1, 0.15) is 5.56 Å². The van der Waals surface area contributed by atoms with Gasteiger partial charge >= 0.3 is 0 Å². The second-order valence-corrected chi connectivity index (χ2v) is 2.89. The summed E-state index contributed by atoms with van der Waals surface area (Å²) in [5.41, 5.74) is 0.262. The van der Waals surface area contributed by atoms with Gasteiger partial charge in [-0.15, -0.1) is 0 Å². The third kappa shape index (κ3) is 2.12. The van der Waals surface area contributed by atoms with Crippen molar-refractivity contribution in [3.8, 4) is 5.75 Å². The summed E-state index contributed by atoms with van der Waals surface area (Å²) in [5.74, 6) is -0.585. The molecule has 0 heterocycles. The third-order valence-corrected chi connectivity index (χ3v) is 1.94. The third-order valence-electron chi connectivity index (χ3n) is 1.64. The second kappa shape index (κ2) is 4.77. The molecule has 0 aromatic heterocycles. The molecule has 0 unspecified atom stereocenters. The van der Waals surface area contributed by atoms with Crippen molar-refractivity contribution in [1.82, 2.24) is 0 Å². The fourth-order valence-corrected chi connectivity index (χ4v) is 1.23. The zero-order chi connectivity index (χ0) is 10.6. The molecule has 1 aromatic rings. The van der Waals surface area contributed by atoms with Crippen LogP contribution in [-0.2, 0) is 4.79 Å². The van der Waals surface area contributed by atoms with Gasteiger partial charge in [0.05, 0.1) is 12.1 Å². The van der Waals surface area contributed by atoms with Gasteiger partial charge in [-0.05, 0) is 18.2 Å². The van der Waals surface area contributed by atoms with Gasteiger partial charge in [-0.25, -0.2) is 4.39 Å². The first-order valence-electron chi connectivity index (χ1n) is 3.84. The van der Waals surface area contributed by atoms with Crippen molar-refractivity contribution in [3.05, 3.63) is 34.6 Å². The van der Waals surface area contributed by atoms with Crippen molar-refractivity contribution in [1.29, 1.82) is 0 Å². The monoisotopic (exact) mass is 214 g/mol. The number of methoxy groups -OCH3 is 1. The summed E-state index contributed by atoms with van der Waals surface area (Å²) >= 11 is 5.68. The molecule has 74 valence electrons. The first-order chi connectivity index (χ1) is 6.70. The van der Waals surface area contributed by atoms with Crippen LogP contribution in [-0.4, -0.2) is 13.4 Å². The predicted molar refractivity (Wildman–Crippen MR) is 53.1 cm³/mol. The van der Waals surface area contributed by atoms with Crippen LogP contribution in [0.5, 0.6) is 5.75 Å². The van der Waals surface area contributed by atoms with Crippen molar-refractivity contribution in [2.75, 3.05) is 7.11 Å². The molecule has 0 saturated heterocycles. The number of hydrogen-bond donors (Lipinski definition) is 0. The molecular formula is C10H8ClFO2. The van der Waals surface area contributed by atoms with Crippen molar-refractivity contribution in [3.63, 3.8) is 0 Å². The lowest BCUT2D eigenvalue weighted by atomic mass is 10.2. The van der Waals surface area contributed by atoms with Crippen LogP contribution in [0.3, 0.4) is 0 Å². The van der Waals surface area contributed by atoms with E-state index in [0.717, 1.165) is 0 Å². The van der Waals surface area contributed by atoms with Gasteiger partial charge in [-0.1, -0.05) is 17.7 Å². The standard InChI is InChI=1S/C10H8ClFO2/c1-14-10-8(11)5-4-7(9(10)12)3-2-6-13/h2-6H,1H3/b3-2+. The number of carbonyl (C=O) groups excluding carboxylic acids is 1. The summed E-state index contributed by atoms with van der Waals surface area (Å²) in [4.78, 5) is 10.0. The number of carbonyl (C=O) groups is 1. The van der Waals surface area contributed by atoms with E-state index in [1.807, 2.05) is 0 Å². The topological polar surface area (TPSA) is 26.3 Å². The Bertz CT molecular complexity index is 375. The molecule has 0 saturated carbocycles. The van der Waals surface area contributed by atoms with E-state index in [2.05, 4.69) is 0 Å². The Balaban J connectivity index is 3.20. The van der Waals surface area contributed by atoms with Crippen LogP contribution in [0.2, 0.25) is 5.02 Å². The molecule has 14 heavy (non-hydrogen) atoms. The summed E-state index contributed by atoms with van der Waals surface area (Å²) in [7, 11) is 1.33. The van der Waals surface area contributed by atoms with E-state index < -0.39 is 5.82 Å². The normalized spacial score (nSPS) is 10.5. The summed E-state index contributed by atoms with van der Waals surface area (Å²) in [6.45, 7) is 0. The van der Waals surface area contributed by atoms with E-state index in [0.29, 0.717) is 6.29 Å². The molecule has 0 spiro atoms. The Labute approximate surface area is 85.9 Å². The second-order valence-electron chi connectivity index (χ2n) is 2.48. The maximum atomic E-state index is 13.5. The van der Waals surface area contributed by atoms with Gasteiger partial charge in [-0.2, -0.15) is 0 Å². The van der Waals surface area contributed by atoms with E-state index in [4.69, 9.17) is 16.3 Å². The van der Waals surface area contributed by atoms with Crippen LogP contribution in [0.25, 0.3) is 6.08 Å². The Morgan fingerprint density at radius 2 is 2.21 bits per heavy atom. The van der Waals surface area contributed by atoms with E-state index in [1.165, 1.54) is 31.4 Å². The Kier molecular flexibility index (Phi) is 3.65. The first kappa shape index (κ1) is 10.7. The van der Waals surface area contributed by atoms with E-state index in [9.17, 15) is 9.18 Å². The molecule has 0 aliphatic rings. The highest BCUT2D eigenvalue weighted by Gasteiger charge is 2.10. The van der Waals surface area contributed by atoms with Crippen molar-refractivity contribution >= 4 is 24.0 Å². The summed E-state index contributed by atoms with van der Waals surface area (Å²) in [5, 5.41) is 0.202. The lowest BCUT2D eigenvalue weighted by Gasteiger charge is -2.05. The molecule has 0 atom stereocenters. The van der Waals surface area contributed by atoms with Gasteiger partial charge in [0.2, 0.25) is 0 Å². The van der Waals surface area contributed by atoms with Crippen molar-refractivity contribution in [2.24, 2.45) is 0 Å². The molecule has 0 aliphatic carbocycles. The van der Waals surface area contributed by atoms with Gasteiger partial charge in [0, 0.05) is 5.56 Å². The lowest BCUT2D eigenvalue weighted by Crippen LogP contribution is -1.91. The molecular weight excluding hydrogens is 207 g/mol. The number of ether oxygens (including phenoxy) is 1. The minimum atomic E-state index is -0.571. The molecule has 4 heteroatoms. The van der Waals surface area contributed by atoms with Crippen LogP contribution in [0.4, 0.5) is 4.39 Å². The van der Waals surface area contributed by atoms with Crippen molar-refractivity contribution < 1.29 is 13.9 Å². The fraction of sp³-hybridized carbons (Fsp3) is 0.100. The molecule has 2 nitrogen and oxygen atoms in total. The quantitative estimate of drug-likeness (QED) is 0.571. The smallest absolute Gasteiger partial charge is 0.173 e. The van der Waals surface area contributed by atoms with Gasteiger partial charge in [0.1, 0.15) is 6.29 Å². The predicted octanol–water partition coefficient (Wildman–Crippen LogP) is 2.70. The number of halogens is 2. The molecule has 1 rings (SSSR count). The number of allylic oxidation sites excluding steroid dienone is 1. The number of rotatable bonds is 3. The van der Waals surface area contributed by atoms with Gasteiger partial charge < -0.3 is 4.74 Å². The minimum absolute atomic E-state index is 0.0142. The maximum absolute atomic E-state index is 13.5. The summed E-state index contributed by atoms with van der Waals surface area (Å²) < 4.78 is 18.2. The Hall–Kier alpha value is -1.35. The van der Waals surface area contributed by atoms with Crippen LogP contribution in [0.15, 0.2) is 18.2 Å². The summed E-state index contributed by atoms with van der Waals surface area (Å²) in [6.07, 6.45) is 3.12. The molecule has 0 amide bonds. The van der Waals surface area contributed by atoms with Gasteiger partial charge in [-0.3, -0.25) is 4.79 Å². The summed E-state index contributed by atoms with van der Waals surface area (Å²) in [6, 6.07) is 2.98. The lowest BCUT2D eigenvalue weighted by molar-refractivity contribution is -0.104. The first-order valence-corrected chi connectivity index (χ1v) is 4.22. The largest absolute Gasteiger partial charge is 0.492 e. The van der Waals surface area contributed by atoms with E-state index in [1.54, 1.807) is 0 Å². The number of aldehydes is 1. The molecule has 0 fully saturated rings. The van der Waals surface area contributed by atoms with Crippen LogP contribution in [0, 0.1) is 5.82 Å².